The van der Waals surface area contributed by atoms with E-state index < -0.39 is 22.4 Å². The van der Waals surface area contributed by atoms with Gasteiger partial charge in [0.2, 0.25) is 0 Å². The molecular weight excluding hydrogens is 300 g/mol. The highest BCUT2D eigenvalue weighted by Crippen LogP contribution is 2.09. The molecule has 0 heterocycles. The van der Waals surface area contributed by atoms with Crippen LogP contribution in [0.15, 0.2) is 71.5 Å². The number of benzene rings is 2. The van der Waals surface area contributed by atoms with Crippen LogP contribution >= 0.6 is 0 Å². The molecule has 0 aromatic heterocycles. The highest BCUT2D eigenvalue weighted by molar-refractivity contribution is 8.10. The van der Waals surface area contributed by atoms with Gasteiger partial charge in [-0.05, 0) is 23.3 Å². The van der Waals surface area contributed by atoms with Crippen molar-refractivity contribution in [2.24, 2.45) is 0 Å². The molecule has 0 amide bonds. The van der Waals surface area contributed by atoms with Crippen LogP contribution < -0.4 is 0 Å². The van der Waals surface area contributed by atoms with Crippen LogP contribution in [0.2, 0.25) is 0 Å². The maximum atomic E-state index is 11.8. The normalized spacial score (nSPS) is 14.6. The molecule has 2 rings (SSSR count). The minimum absolute atomic E-state index is 0.118. The molecule has 0 bridgehead atoms. The topological polar surface area (TPSA) is 46.1 Å². The highest BCUT2D eigenvalue weighted by atomic mass is 32.3. The van der Waals surface area contributed by atoms with E-state index in [1.165, 1.54) is 0 Å². The third-order valence-corrected chi connectivity index (χ3v) is 5.39. The van der Waals surface area contributed by atoms with E-state index in [0.29, 0.717) is 0 Å². The van der Waals surface area contributed by atoms with Gasteiger partial charge in [0.15, 0.2) is 0 Å². The lowest BCUT2D eigenvalue weighted by molar-refractivity contribution is 0.596. The van der Waals surface area contributed by atoms with Crippen molar-refractivity contribution in [2.75, 3.05) is 5.08 Å². The Morgan fingerprint density at radius 2 is 1.05 bits per heavy atom. The van der Waals surface area contributed by atoms with Gasteiger partial charge < -0.3 is 9.11 Å². The van der Waals surface area contributed by atoms with Crippen molar-refractivity contribution in [3.05, 3.63) is 82.6 Å². The summed E-state index contributed by atoms with van der Waals surface area (Å²) in [6.45, 7) is 0. The van der Waals surface area contributed by atoms with Crippen molar-refractivity contribution < 1.29 is 9.11 Å². The molecule has 2 aromatic carbocycles. The fourth-order valence-electron chi connectivity index (χ4n) is 1.63. The predicted octanol–water partition coefficient (Wildman–Crippen LogP) is 3.78. The van der Waals surface area contributed by atoms with Crippen LogP contribution in [0, 0.1) is 0 Å². The second-order valence-electron chi connectivity index (χ2n) is 4.31. The Balaban J connectivity index is 1.83. The molecule has 0 aliphatic heterocycles. The van der Waals surface area contributed by atoms with Crippen molar-refractivity contribution in [2.45, 2.75) is 0 Å². The van der Waals surface area contributed by atoms with Crippen molar-refractivity contribution >= 4 is 34.5 Å². The molecule has 0 aliphatic rings. The summed E-state index contributed by atoms with van der Waals surface area (Å²) in [6.07, 6.45) is 3.57. The molecule has 0 spiro atoms. The summed E-state index contributed by atoms with van der Waals surface area (Å²) in [5, 5.41) is 3.29. The van der Waals surface area contributed by atoms with Gasteiger partial charge in [0.05, 0.1) is 0 Å². The highest BCUT2D eigenvalue weighted by Gasteiger charge is 2.11. The van der Waals surface area contributed by atoms with Crippen LogP contribution in [-0.4, -0.2) is 14.2 Å². The Morgan fingerprint density at radius 3 is 1.43 bits per heavy atom. The van der Waals surface area contributed by atoms with Gasteiger partial charge >= 0.3 is 0 Å². The first kappa shape index (κ1) is 15.9. The van der Waals surface area contributed by atoms with Crippen LogP contribution in [0.3, 0.4) is 0 Å². The molecule has 2 atom stereocenters. The summed E-state index contributed by atoms with van der Waals surface area (Å²) >= 11 is -2.48. The number of rotatable bonds is 6. The third kappa shape index (κ3) is 6.23. The molecule has 21 heavy (non-hydrogen) atoms. The second-order valence-corrected chi connectivity index (χ2v) is 7.32. The van der Waals surface area contributed by atoms with Gasteiger partial charge in [-0.15, -0.1) is 0 Å². The average Bonchev–Trinajstić information content (AvgIpc) is 2.53. The summed E-state index contributed by atoms with van der Waals surface area (Å²) in [6, 6.07) is 19.3. The summed E-state index contributed by atoms with van der Waals surface area (Å²) in [5.74, 6) is 0. The maximum absolute atomic E-state index is 11.8. The van der Waals surface area contributed by atoms with E-state index in [0.717, 1.165) is 11.1 Å². The molecule has 2 aromatic rings. The summed E-state index contributed by atoms with van der Waals surface area (Å²) in [4.78, 5) is 0. The average molecular weight is 316 g/mol. The maximum Gasteiger partial charge on any atom is 0.262 e. The Hall–Kier alpha value is -1.46. The summed E-state index contributed by atoms with van der Waals surface area (Å²) in [7, 11) is 0. The molecule has 0 saturated heterocycles. The molecular formula is C17H16O2S2. The third-order valence-electron chi connectivity index (χ3n) is 2.66. The lowest BCUT2D eigenvalue weighted by Gasteiger charge is -2.07. The van der Waals surface area contributed by atoms with Crippen molar-refractivity contribution in [3.63, 3.8) is 0 Å². The summed E-state index contributed by atoms with van der Waals surface area (Å²) < 4.78 is 23.7. The van der Waals surface area contributed by atoms with Gasteiger partial charge in [0, 0.05) is 22.4 Å². The van der Waals surface area contributed by atoms with Crippen LogP contribution in [0.5, 0.6) is 0 Å². The first-order valence-corrected chi connectivity index (χ1v) is 9.21. The fraction of sp³-hybridized carbons (Fsp3) is 0.0588. The lowest BCUT2D eigenvalue weighted by atomic mass is 10.2. The molecule has 108 valence electrons. The SMILES string of the molecule is [O-][S+](/C=C/c1ccccc1)C[S+]([O-])/C=C/c1ccccc1. The van der Waals surface area contributed by atoms with Gasteiger partial charge in [0.25, 0.3) is 5.08 Å². The van der Waals surface area contributed by atoms with Crippen LogP contribution in [0.4, 0.5) is 0 Å². The van der Waals surface area contributed by atoms with E-state index in [2.05, 4.69) is 0 Å². The molecule has 0 saturated carbocycles. The molecule has 0 N–H and O–H groups in total. The fourth-order valence-corrected chi connectivity index (χ4v) is 3.79. The molecule has 0 aliphatic carbocycles. The van der Waals surface area contributed by atoms with E-state index in [9.17, 15) is 9.11 Å². The zero-order valence-corrected chi connectivity index (χ0v) is 13.1. The van der Waals surface area contributed by atoms with E-state index in [1.807, 2.05) is 60.7 Å². The first-order chi connectivity index (χ1) is 10.2. The van der Waals surface area contributed by atoms with Crippen molar-refractivity contribution in [3.8, 4) is 0 Å². The second kappa shape index (κ2) is 8.74. The molecule has 0 radical (unpaired) electrons. The molecule has 0 fully saturated rings. The molecule has 2 nitrogen and oxygen atoms in total. The lowest BCUT2D eigenvalue weighted by Crippen LogP contribution is -2.11. The number of hydrogen-bond donors (Lipinski definition) is 0. The Labute approximate surface area is 131 Å². The van der Waals surface area contributed by atoms with E-state index in [-0.39, 0.29) is 5.08 Å². The first-order valence-electron chi connectivity index (χ1n) is 6.45. The molecule has 4 heteroatoms. The predicted molar refractivity (Wildman–Crippen MR) is 92.1 cm³/mol. The Kier molecular flexibility index (Phi) is 6.63. The van der Waals surface area contributed by atoms with Crippen LogP contribution in [0.1, 0.15) is 11.1 Å². The van der Waals surface area contributed by atoms with E-state index in [4.69, 9.17) is 0 Å². The van der Waals surface area contributed by atoms with E-state index >= 15 is 0 Å². The van der Waals surface area contributed by atoms with Crippen molar-refractivity contribution in [1.29, 1.82) is 0 Å². The van der Waals surface area contributed by atoms with Gasteiger partial charge in [-0.1, -0.05) is 60.7 Å². The minimum atomic E-state index is -1.24. The monoisotopic (exact) mass is 316 g/mol. The molecule has 2 unspecified atom stereocenters. The van der Waals surface area contributed by atoms with Gasteiger partial charge in [-0.3, -0.25) is 0 Å². The van der Waals surface area contributed by atoms with Crippen molar-refractivity contribution in [1.82, 2.24) is 0 Å². The smallest absolute Gasteiger partial charge is 0.262 e. The number of hydrogen-bond acceptors (Lipinski definition) is 2. The van der Waals surface area contributed by atoms with Crippen LogP contribution in [0.25, 0.3) is 12.2 Å². The standard InChI is InChI=1S/C17H16O2S2/c18-20(13-11-16-7-3-1-4-8-16)15-21(19)14-12-17-9-5-2-6-10-17/h1-14H,15H2/b13-11+,14-12+. The summed E-state index contributed by atoms with van der Waals surface area (Å²) in [5.41, 5.74) is 1.97. The zero-order valence-electron chi connectivity index (χ0n) is 11.4. The Morgan fingerprint density at radius 1 is 0.667 bits per heavy atom. The largest absolute Gasteiger partial charge is 0.608 e. The van der Waals surface area contributed by atoms with E-state index in [1.54, 1.807) is 23.0 Å². The minimum Gasteiger partial charge on any atom is -0.608 e. The van der Waals surface area contributed by atoms with Crippen LogP contribution in [-0.2, 0) is 22.4 Å². The van der Waals surface area contributed by atoms with Gasteiger partial charge in [-0.2, -0.15) is 0 Å². The quantitative estimate of drug-likeness (QED) is 0.761. The van der Waals surface area contributed by atoms with Gasteiger partial charge in [-0.25, -0.2) is 0 Å². The van der Waals surface area contributed by atoms with Gasteiger partial charge in [0.1, 0.15) is 10.8 Å². The zero-order chi connectivity index (χ0) is 14.9. The Bertz CT molecular complexity index is 529.